The Balaban J connectivity index is 2.38. The van der Waals surface area contributed by atoms with Crippen molar-refractivity contribution in [3.63, 3.8) is 0 Å². The fourth-order valence-electron chi connectivity index (χ4n) is 1.80. The molecule has 0 spiro atoms. The average Bonchev–Trinajstić information content (AvgIpc) is 2.27. The van der Waals surface area contributed by atoms with E-state index in [1.807, 2.05) is 6.92 Å². The number of hydrogen-bond donors (Lipinski definition) is 2. The molecule has 2 N–H and O–H groups in total. The lowest BCUT2D eigenvalue weighted by molar-refractivity contribution is -0.121. The first-order valence-electron chi connectivity index (χ1n) is 6.89. The normalized spacial score (nSPS) is 13.1. The van der Waals surface area contributed by atoms with E-state index in [0.29, 0.717) is 13.0 Å². The third-order valence-corrected chi connectivity index (χ3v) is 2.96. The second kappa shape index (κ2) is 6.71. The van der Waals surface area contributed by atoms with E-state index in [0.717, 1.165) is 5.56 Å². The molecule has 3 nitrogen and oxygen atoms in total. The van der Waals surface area contributed by atoms with Gasteiger partial charge in [-0.1, -0.05) is 29.8 Å². The lowest BCUT2D eigenvalue weighted by Gasteiger charge is -2.21. The first kappa shape index (κ1) is 15.7. The molecule has 19 heavy (non-hydrogen) atoms. The third-order valence-electron chi connectivity index (χ3n) is 2.96. The smallest absolute Gasteiger partial charge is 0.221 e. The molecule has 0 aliphatic rings. The highest BCUT2D eigenvalue weighted by Crippen LogP contribution is 2.13. The van der Waals surface area contributed by atoms with Crippen molar-refractivity contribution in [1.82, 2.24) is 10.6 Å². The van der Waals surface area contributed by atoms with E-state index in [1.54, 1.807) is 0 Å². The summed E-state index contributed by atoms with van der Waals surface area (Å²) in [6, 6.07) is 8.32. The molecular weight excluding hydrogens is 236 g/mol. The van der Waals surface area contributed by atoms with Gasteiger partial charge in [-0.2, -0.15) is 0 Å². The first-order chi connectivity index (χ1) is 8.78. The first-order valence-corrected chi connectivity index (χ1v) is 6.89. The molecule has 0 saturated carbocycles. The molecule has 1 atom stereocenters. The molecule has 0 unspecified atom stereocenters. The maximum absolute atomic E-state index is 11.8. The van der Waals surface area contributed by atoms with Crippen molar-refractivity contribution in [3.05, 3.63) is 35.4 Å². The quantitative estimate of drug-likeness (QED) is 0.856. The zero-order valence-corrected chi connectivity index (χ0v) is 12.7. The lowest BCUT2D eigenvalue weighted by atomic mass is 10.1. The zero-order chi connectivity index (χ0) is 14.5. The highest BCUT2D eigenvalue weighted by molar-refractivity contribution is 5.76. The summed E-state index contributed by atoms with van der Waals surface area (Å²) >= 11 is 0. The summed E-state index contributed by atoms with van der Waals surface area (Å²) in [6.07, 6.45) is 0.507. The van der Waals surface area contributed by atoms with Gasteiger partial charge in [0.15, 0.2) is 0 Å². The molecular formula is C16H26N2O. The van der Waals surface area contributed by atoms with Gasteiger partial charge in [0.05, 0.1) is 6.04 Å². The molecule has 0 radical (unpaired) electrons. The number of amides is 1. The van der Waals surface area contributed by atoms with Crippen LogP contribution in [0.3, 0.4) is 0 Å². The minimum absolute atomic E-state index is 0.0581. The Hall–Kier alpha value is -1.35. The van der Waals surface area contributed by atoms with Crippen molar-refractivity contribution in [2.45, 2.75) is 52.6 Å². The van der Waals surface area contributed by atoms with Crippen LogP contribution in [0.15, 0.2) is 24.3 Å². The number of aryl methyl sites for hydroxylation is 1. The van der Waals surface area contributed by atoms with E-state index in [-0.39, 0.29) is 17.5 Å². The van der Waals surface area contributed by atoms with Crippen LogP contribution in [0, 0.1) is 6.92 Å². The van der Waals surface area contributed by atoms with Gasteiger partial charge in [-0.15, -0.1) is 0 Å². The monoisotopic (exact) mass is 262 g/mol. The molecule has 1 rings (SSSR count). The van der Waals surface area contributed by atoms with Crippen molar-refractivity contribution in [3.8, 4) is 0 Å². The number of benzene rings is 1. The van der Waals surface area contributed by atoms with Crippen molar-refractivity contribution >= 4 is 5.91 Å². The van der Waals surface area contributed by atoms with Gasteiger partial charge in [-0.05, 0) is 40.2 Å². The SMILES string of the molecule is Cc1ccc([C@@H](C)NC(=O)CCNC(C)(C)C)cc1. The standard InChI is InChI=1S/C16H26N2O/c1-12-6-8-14(9-7-12)13(2)18-15(19)10-11-17-16(3,4)5/h6-9,13,17H,10-11H2,1-5H3,(H,18,19)/t13-/m1/s1. The van der Waals surface area contributed by atoms with E-state index in [2.05, 4.69) is 62.6 Å². The van der Waals surface area contributed by atoms with Crippen LogP contribution in [-0.4, -0.2) is 18.0 Å². The Bertz CT molecular complexity index is 404. The van der Waals surface area contributed by atoms with E-state index < -0.39 is 0 Å². The molecule has 0 aliphatic heterocycles. The van der Waals surface area contributed by atoms with E-state index in [1.165, 1.54) is 5.56 Å². The Morgan fingerprint density at radius 1 is 1.21 bits per heavy atom. The van der Waals surface area contributed by atoms with Crippen molar-refractivity contribution < 1.29 is 4.79 Å². The molecule has 0 fully saturated rings. The van der Waals surface area contributed by atoms with Gasteiger partial charge in [0.25, 0.3) is 0 Å². The van der Waals surface area contributed by atoms with E-state index in [9.17, 15) is 4.79 Å². The number of nitrogens with one attached hydrogen (secondary N) is 2. The maximum Gasteiger partial charge on any atom is 0.221 e. The van der Waals surface area contributed by atoms with Crippen LogP contribution in [0.2, 0.25) is 0 Å². The lowest BCUT2D eigenvalue weighted by Crippen LogP contribution is -2.38. The third kappa shape index (κ3) is 6.39. The summed E-state index contributed by atoms with van der Waals surface area (Å²) in [6.45, 7) is 11.1. The molecule has 1 aromatic carbocycles. The van der Waals surface area contributed by atoms with Crippen molar-refractivity contribution in [2.75, 3.05) is 6.54 Å². The van der Waals surface area contributed by atoms with Gasteiger partial charge < -0.3 is 10.6 Å². The molecule has 0 saturated heterocycles. The molecule has 0 heterocycles. The summed E-state index contributed by atoms with van der Waals surface area (Å²) in [5.41, 5.74) is 2.43. The molecule has 0 aliphatic carbocycles. The highest BCUT2D eigenvalue weighted by atomic mass is 16.1. The maximum atomic E-state index is 11.8. The van der Waals surface area contributed by atoms with Crippen LogP contribution >= 0.6 is 0 Å². The van der Waals surface area contributed by atoms with Gasteiger partial charge in [-0.25, -0.2) is 0 Å². The minimum Gasteiger partial charge on any atom is -0.350 e. The number of hydrogen-bond acceptors (Lipinski definition) is 2. The summed E-state index contributed by atoms with van der Waals surface area (Å²) in [5.74, 6) is 0.0878. The summed E-state index contributed by atoms with van der Waals surface area (Å²) in [7, 11) is 0. The molecule has 3 heteroatoms. The molecule has 1 aromatic rings. The van der Waals surface area contributed by atoms with Crippen molar-refractivity contribution in [1.29, 1.82) is 0 Å². The van der Waals surface area contributed by atoms with Crippen LogP contribution in [-0.2, 0) is 4.79 Å². The fraction of sp³-hybridized carbons (Fsp3) is 0.562. The Labute approximate surface area is 116 Å². The fourth-order valence-corrected chi connectivity index (χ4v) is 1.80. The average molecular weight is 262 g/mol. The summed E-state index contributed by atoms with van der Waals surface area (Å²) in [4.78, 5) is 11.8. The highest BCUT2D eigenvalue weighted by Gasteiger charge is 2.12. The minimum atomic E-state index is 0.0581. The Morgan fingerprint density at radius 3 is 2.32 bits per heavy atom. The van der Waals surface area contributed by atoms with Crippen LogP contribution in [0.5, 0.6) is 0 Å². The molecule has 106 valence electrons. The summed E-state index contributed by atoms with van der Waals surface area (Å²) < 4.78 is 0. The van der Waals surface area contributed by atoms with Crippen LogP contribution in [0.25, 0.3) is 0 Å². The van der Waals surface area contributed by atoms with Crippen LogP contribution in [0.4, 0.5) is 0 Å². The van der Waals surface area contributed by atoms with Crippen LogP contribution < -0.4 is 10.6 Å². The topological polar surface area (TPSA) is 41.1 Å². The second-order valence-electron chi connectivity index (χ2n) is 6.13. The van der Waals surface area contributed by atoms with Gasteiger partial charge in [0.2, 0.25) is 5.91 Å². The van der Waals surface area contributed by atoms with E-state index in [4.69, 9.17) is 0 Å². The second-order valence-corrected chi connectivity index (χ2v) is 6.13. The van der Waals surface area contributed by atoms with Crippen molar-refractivity contribution in [2.24, 2.45) is 0 Å². The van der Waals surface area contributed by atoms with Gasteiger partial charge in [0, 0.05) is 18.5 Å². The molecule has 0 aromatic heterocycles. The Kier molecular flexibility index (Phi) is 5.55. The Morgan fingerprint density at radius 2 is 1.79 bits per heavy atom. The molecule has 0 bridgehead atoms. The number of carbonyl (C=O) groups excluding carboxylic acids is 1. The van der Waals surface area contributed by atoms with E-state index >= 15 is 0 Å². The largest absolute Gasteiger partial charge is 0.350 e. The predicted octanol–water partition coefficient (Wildman–Crippen LogP) is 2.95. The number of carbonyl (C=O) groups is 1. The predicted molar refractivity (Wildman–Crippen MR) is 80.1 cm³/mol. The zero-order valence-electron chi connectivity index (χ0n) is 12.7. The van der Waals surface area contributed by atoms with Crippen LogP contribution in [0.1, 0.15) is 51.3 Å². The van der Waals surface area contributed by atoms with Gasteiger partial charge >= 0.3 is 0 Å². The van der Waals surface area contributed by atoms with Gasteiger partial charge in [0.1, 0.15) is 0 Å². The number of rotatable bonds is 5. The molecule has 1 amide bonds. The summed E-state index contributed by atoms with van der Waals surface area (Å²) in [5, 5.41) is 6.34. The van der Waals surface area contributed by atoms with Gasteiger partial charge in [-0.3, -0.25) is 4.79 Å².